The van der Waals surface area contributed by atoms with Crippen molar-refractivity contribution >= 4 is 5.91 Å². The lowest BCUT2D eigenvalue weighted by atomic mass is 10.1. The molecule has 0 aliphatic carbocycles. The van der Waals surface area contributed by atoms with Crippen LogP contribution in [0.5, 0.6) is 5.75 Å². The van der Waals surface area contributed by atoms with Crippen LogP contribution in [0.3, 0.4) is 0 Å². The van der Waals surface area contributed by atoms with Gasteiger partial charge in [0.15, 0.2) is 0 Å². The van der Waals surface area contributed by atoms with Crippen molar-refractivity contribution < 1.29 is 9.53 Å². The van der Waals surface area contributed by atoms with Crippen LogP contribution in [-0.4, -0.2) is 23.2 Å². The van der Waals surface area contributed by atoms with Crippen molar-refractivity contribution in [2.45, 2.75) is 0 Å². The molecule has 2 aromatic rings. The topological polar surface area (TPSA) is 93.0 Å². The third kappa shape index (κ3) is 2.26. The molecule has 0 aliphatic heterocycles. The van der Waals surface area contributed by atoms with Crippen LogP contribution in [-0.2, 0) is 0 Å². The van der Waals surface area contributed by atoms with Gasteiger partial charge in [0.2, 0.25) is 0 Å². The molecule has 17 heavy (non-hydrogen) atoms. The predicted molar refractivity (Wildman–Crippen MR) is 62.2 cm³/mol. The van der Waals surface area contributed by atoms with Gasteiger partial charge in [0.05, 0.1) is 12.8 Å². The van der Waals surface area contributed by atoms with Crippen molar-refractivity contribution in [3.8, 4) is 17.0 Å². The number of carbonyl (C=O) groups excluding carboxylic acids is 1. The number of H-pyrrole nitrogens is 1. The van der Waals surface area contributed by atoms with Crippen molar-refractivity contribution in [1.82, 2.24) is 15.6 Å². The van der Waals surface area contributed by atoms with E-state index in [0.29, 0.717) is 11.4 Å². The zero-order valence-corrected chi connectivity index (χ0v) is 9.23. The first-order valence-electron chi connectivity index (χ1n) is 4.95. The van der Waals surface area contributed by atoms with Crippen molar-refractivity contribution in [2.24, 2.45) is 5.84 Å². The summed E-state index contributed by atoms with van der Waals surface area (Å²) in [6.07, 6.45) is 0. The smallest absolute Gasteiger partial charge is 0.283 e. The number of hydrogen-bond acceptors (Lipinski definition) is 4. The lowest BCUT2D eigenvalue weighted by molar-refractivity contribution is 0.0948. The van der Waals surface area contributed by atoms with Crippen LogP contribution in [0.1, 0.15) is 10.5 Å². The highest BCUT2D eigenvalue weighted by Gasteiger charge is 2.09. The summed E-state index contributed by atoms with van der Waals surface area (Å²) in [5.74, 6) is 5.35. The molecule has 0 radical (unpaired) electrons. The van der Waals surface area contributed by atoms with Gasteiger partial charge in [-0.05, 0) is 18.2 Å². The van der Waals surface area contributed by atoms with Gasteiger partial charge in [0.1, 0.15) is 11.4 Å². The Morgan fingerprint density at radius 1 is 1.47 bits per heavy atom. The van der Waals surface area contributed by atoms with E-state index in [9.17, 15) is 4.79 Å². The minimum Gasteiger partial charge on any atom is -0.497 e. The largest absolute Gasteiger partial charge is 0.497 e. The fourth-order valence-corrected chi connectivity index (χ4v) is 1.45. The molecular formula is C11H12N4O2. The van der Waals surface area contributed by atoms with E-state index in [4.69, 9.17) is 10.6 Å². The summed E-state index contributed by atoms with van der Waals surface area (Å²) in [7, 11) is 1.59. The predicted octanol–water partition coefficient (Wildman–Crippen LogP) is 0.689. The zero-order chi connectivity index (χ0) is 12.3. The van der Waals surface area contributed by atoms with Gasteiger partial charge in [-0.1, -0.05) is 12.1 Å². The van der Waals surface area contributed by atoms with Crippen molar-refractivity contribution in [3.05, 3.63) is 36.0 Å². The van der Waals surface area contributed by atoms with Crippen LogP contribution in [0.25, 0.3) is 11.3 Å². The third-order valence-corrected chi connectivity index (χ3v) is 2.32. The Morgan fingerprint density at radius 3 is 3.00 bits per heavy atom. The molecule has 0 spiro atoms. The van der Waals surface area contributed by atoms with Gasteiger partial charge in [-0.15, -0.1) is 0 Å². The monoisotopic (exact) mass is 232 g/mol. The molecule has 0 fully saturated rings. The second kappa shape index (κ2) is 4.67. The van der Waals surface area contributed by atoms with Crippen LogP contribution < -0.4 is 16.0 Å². The van der Waals surface area contributed by atoms with Crippen molar-refractivity contribution in [1.29, 1.82) is 0 Å². The summed E-state index contributed by atoms with van der Waals surface area (Å²) in [6.45, 7) is 0. The minimum absolute atomic E-state index is 0.310. The molecule has 0 aliphatic rings. The zero-order valence-electron chi connectivity index (χ0n) is 9.23. The summed E-state index contributed by atoms with van der Waals surface area (Å²) >= 11 is 0. The number of aromatic nitrogens is 2. The molecule has 0 atom stereocenters. The van der Waals surface area contributed by atoms with E-state index < -0.39 is 5.91 Å². The van der Waals surface area contributed by atoms with Gasteiger partial charge >= 0.3 is 0 Å². The number of nitrogens with two attached hydrogens (primary N) is 1. The summed E-state index contributed by atoms with van der Waals surface area (Å²) < 4.78 is 5.11. The summed E-state index contributed by atoms with van der Waals surface area (Å²) in [5, 5.41) is 6.64. The number of aromatic amines is 1. The number of rotatable bonds is 3. The molecule has 6 nitrogen and oxygen atoms in total. The lowest BCUT2D eigenvalue weighted by Gasteiger charge is -2.00. The molecule has 1 amide bonds. The van der Waals surface area contributed by atoms with Gasteiger partial charge in [0.25, 0.3) is 5.91 Å². The van der Waals surface area contributed by atoms with Gasteiger partial charge in [0, 0.05) is 5.56 Å². The molecule has 2 rings (SSSR count). The van der Waals surface area contributed by atoms with E-state index in [0.717, 1.165) is 11.3 Å². The van der Waals surface area contributed by atoms with Crippen molar-refractivity contribution in [2.75, 3.05) is 7.11 Å². The first-order valence-corrected chi connectivity index (χ1v) is 4.95. The summed E-state index contributed by atoms with van der Waals surface area (Å²) in [4.78, 5) is 11.2. The van der Waals surface area contributed by atoms with Crippen LogP contribution in [0.2, 0.25) is 0 Å². The molecule has 0 unspecified atom stereocenters. The van der Waals surface area contributed by atoms with Crippen LogP contribution >= 0.6 is 0 Å². The van der Waals surface area contributed by atoms with E-state index in [1.54, 1.807) is 13.2 Å². The lowest BCUT2D eigenvalue weighted by Crippen LogP contribution is -2.30. The highest BCUT2D eigenvalue weighted by Crippen LogP contribution is 2.22. The fourth-order valence-electron chi connectivity index (χ4n) is 1.45. The normalized spacial score (nSPS) is 10.0. The third-order valence-electron chi connectivity index (χ3n) is 2.32. The number of ether oxygens (including phenoxy) is 1. The van der Waals surface area contributed by atoms with E-state index in [-0.39, 0.29) is 0 Å². The van der Waals surface area contributed by atoms with E-state index in [2.05, 4.69) is 10.2 Å². The van der Waals surface area contributed by atoms with Crippen LogP contribution in [0.15, 0.2) is 30.3 Å². The van der Waals surface area contributed by atoms with Gasteiger partial charge in [-0.3, -0.25) is 15.3 Å². The average Bonchev–Trinajstić information content (AvgIpc) is 2.87. The number of nitrogens with one attached hydrogen (secondary N) is 2. The molecule has 4 N–H and O–H groups in total. The Bertz CT molecular complexity index is 536. The standard InChI is InChI=1S/C11H12N4O2/c1-17-8-4-2-3-7(5-8)9-6-10(15-14-9)11(16)13-12/h2-6H,12H2,1H3,(H,13,16)(H,14,15). The molecule has 1 aromatic heterocycles. The number of nitrogen functional groups attached to an aromatic ring is 1. The quantitative estimate of drug-likeness (QED) is 0.412. The second-order valence-corrected chi connectivity index (χ2v) is 3.37. The number of amides is 1. The highest BCUT2D eigenvalue weighted by atomic mass is 16.5. The maximum atomic E-state index is 11.2. The van der Waals surface area contributed by atoms with Crippen LogP contribution in [0, 0.1) is 0 Å². The summed E-state index contributed by atoms with van der Waals surface area (Å²) in [5.41, 5.74) is 3.86. The first-order chi connectivity index (χ1) is 8.24. The van der Waals surface area contributed by atoms with Gasteiger partial charge < -0.3 is 4.74 Å². The highest BCUT2D eigenvalue weighted by molar-refractivity contribution is 5.92. The Balaban J connectivity index is 2.33. The minimum atomic E-state index is -0.411. The molecule has 0 saturated carbocycles. The molecule has 0 bridgehead atoms. The van der Waals surface area contributed by atoms with Gasteiger partial charge in [-0.25, -0.2) is 5.84 Å². The number of hydrogen-bond donors (Lipinski definition) is 3. The van der Waals surface area contributed by atoms with Gasteiger partial charge in [-0.2, -0.15) is 5.10 Å². The molecular weight excluding hydrogens is 220 g/mol. The van der Waals surface area contributed by atoms with Crippen molar-refractivity contribution in [3.63, 3.8) is 0 Å². The number of nitrogens with zero attached hydrogens (tertiary/aromatic N) is 1. The number of hydrazine groups is 1. The number of methoxy groups -OCH3 is 1. The number of benzene rings is 1. The van der Waals surface area contributed by atoms with E-state index in [1.807, 2.05) is 29.7 Å². The van der Waals surface area contributed by atoms with E-state index >= 15 is 0 Å². The molecule has 6 heteroatoms. The first kappa shape index (κ1) is 11.2. The molecule has 0 saturated heterocycles. The molecule has 1 heterocycles. The van der Waals surface area contributed by atoms with E-state index in [1.165, 1.54) is 0 Å². The molecule has 88 valence electrons. The van der Waals surface area contributed by atoms with Crippen LogP contribution in [0.4, 0.5) is 0 Å². The Labute approximate surface area is 97.8 Å². The number of carbonyl (C=O) groups is 1. The average molecular weight is 232 g/mol. The summed E-state index contributed by atoms with van der Waals surface area (Å²) in [6, 6.07) is 9.02. The maximum absolute atomic E-state index is 11.2. The second-order valence-electron chi connectivity index (χ2n) is 3.37. The Kier molecular flexibility index (Phi) is 3.06. The SMILES string of the molecule is COc1cccc(-c2cc(C(=O)NN)[nH]n2)c1. The Morgan fingerprint density at radius 2 is 2.29 bits per heavy atom. The molecule has 1 aromatic carbocycles. The maximum Gasteiger partial charge on any atom is 0.283 e. The fraction of sp³-hybridized carbons (Fsp3) is 0.0909. The Hall–Kier alpha value is -2.34.